The molecule has 3 rings (SSSR count). The van der Waals surface area contributed by atoms with Crippen LogP contribution in [0.3, 0.4) is 0 Å². The molecule has 0 bridgehead atoms. The molecule has 0 fully saturated rings. The normalized spacial score (nSPS) is 14.3. The number of ether oxygens (including phenoxy) is 3. The van der Waals surface area contributed by atoms with Gasteiger partial charge >= 0.3 is 5.97 Å². The summed E-state index contributed by atoms with van der Waals surface area (Å²) in [6.07, 6.45) is 0.918. The van der Waals surface area contributed by atoms with Gasteiger partial charge in [-0.05, 0) is 56.5 Å². The minimum atomic E-state index is -3.19. The molecule has 174 valence electrons. The molecular formula is C22H27NO7S2. The smallest absolute Gasteiger partial charge is 0.341 e. The van der Waals surface area contributed by atoms with Gasteiger partial charge in [-0.1, -0.05) is 0 Å². The average molecular weight is 482 g/mol. The Balaban J connectivity index is 1.58. The van der Waals surface area contributed by atoms with Crippen LogP contribution in [0.25, 0.3) is 0 Å². The second-order valence-electron chi connectivity index (χ2n) is 7.18. The number of esters is 1. The van der Waals surface area contributed by atoms with E-state index in [-0.39, 0.29) is 42.4 Å². The highest BCUT2D eigenvalue weighted by Crippen LogP contribution is 2.38. The van der Waals surface area contributed by atoms with Crippen molar-refractivity contribution in [1.82, 2.24) is 0 Å². The van der Waals surface area contributed by atoms with Gasteiger partial charge in [0.15, 0.2) is 9.84 Å². The number of fused-ring (bicyclic) bond motifs is 1. The van der Waals surface area contributed by atoms with Crippen LogP contribution in [0.2, 0.25) is 0 Å². The first-order valence-electron chi connectivity index (χ1n) is 10.5. The highest BCUT2D eigenvalue weighted by Gasteiger charge is 2.31. The van der Waals surface area contributed by atoms with E-state index >= 15 is 0 Å². The molecule has 0 radical (unpaired) electrons. The summed E-state index contributed by atoms with van der Waals surface area (Å²) in [5.74, 6) is 0.504. The van der Waals surface area contributed by atoms with Crippen LogP contribution in [-0.2, 0) is 31.5 Å². The topological polar surface area (TPSA) is 108 Å². The molecular weight excluding hydrogens is 454 g/mol. The Morgan fingerprint density at radius 2 is 1.75 bits per heavy atom. The Bertz CT molecular complexity index is 1060. The van der Waals surface area contributed by atoms with Gasteiger partial charge in [-0.25, -0.2) is 13.2 Å². The monoisotopic (exact) mass is 481 g/mol. The van der Waals surface area contributed by atoms with Crippen molar-refractivity contribution >= 4 is 38.1 Å². The van der Waals surface area contributed by atoms with Gasteiger partial charge in [-0.3, -0.25) is 4.79 Å². The molecule has 8 nitrogen and oxygen atoms in total. The Labute approximate surface area is 191 Å². The van der Waals surface area contributed by atoms with Gasteiger partial charge in [-0.15, -0.1) is 11.3 Å². The lowest BCUT2D eigenvalue weighted by atomic mass is 10.1. The number of rotatable bonds is 10. The number of hydrogen-bond donors (Lipinski definition) is 1. The molecule has 1 aliphatic heterocycles. The molecule has 1 N–H and O–H groups in total. The summed E-state index contributed by atoms with van der Waals surface area (Å²) in [6, 6.07) is 7.25. The van der Waals surface area contributed by atoms with E-state index in [0.717, 1.165) is 17.1 Å². The molecule has 1 aromatic heterocycles. The van der Waals surface area contributed by atoms with Crippen LogP contribution in [0.15, 0.2) is 24.3 Å². The van der Waals surface area contributed by atoms with Crippen LogP contribution >= 0.6 is 11.3 Å². The van der Waals surface area contributed by atoms with Crippen molar-refractivity contribution in [3.05, 3.63) is 40.3 Å². The first-order chi connectivity index (χ1) is 15.3. The number of sulfone groups is 1. The van der Waals surface area contributed by atoms with Crippen LogP contribution < -0.4 is 14.8 Å². The van der Waals surface area contributed by atoms with E-state index in [1.807, 2.05) is 19.1 Å². The lowest BCUT2D eigenvalue weighted by Crippen LogP contribution is -2.20. The number of carbonyl (C=O) groups is 2. The molecule has 10 heteroatoms. The van der Waals surface area contributed by atoms with Gasteiger partial charge < -0.3 is 19.5 Å². The highest BCUT2D eigenvalue weighted by atomic mass is 32.2. The summed E-state index contributed by atoms with van der Waals surface area (Å²) in [6.45, 7) is 4.75. The predicted molar refractivity (Wildman–Crippen MR) is 122 cm³/mol. The first kappa shape index (κ1) is 24.1. The third-order valence-electron chi connectivity index (χ3n) is 4.79. The van der Waals surface area contributed by atoms with E-state index in [4.69, 9.17) is 14.2 Å². The van der Waals surface area contributed by atoms with Crippen molar-refractivity contribution in [3.8, 4) is 11.5 Å². The molecule has 0 saturated heterocycles. The van der Waals surface area contributed by atoms with Gasteiger partial charge in [0.05, 0.1) is 36.9 Å². The van der Waals surface area contributed by atoms with Gasteiger partial charge in [0.25, 0.3) is 0 Å². The van der Waals surface area contributed by atoms with Crippen LogP contribution in [0.1, 0.15) is 47.5 Å². The first-order valence-corrected chi connectivity index (χ1v) is 13.1. The van der Waals surface area contributed by atoms with Crippen molar-refractivity contribution in [2.45, 2.75) is 38.9 Å². The van der Waals surface area contributed by atoms with Crippen molar-refractivity contribution < 1.29 is 32.2 Å². The van der Waals surface area contributed by atoms with Gasteiger partial charge in [0.2, 0.25) is 5.91 Å². The SMILES string of the molecule is CCOC(=O)c1c(NC(=O)CCCOc2ccc(OCC)cc2)sc2c1CCS(=O)(=O)C2. The van der Waals surface area contributed by atoms with E-state index in [1.165, 1.54) is 0 Å². The highest BCUT2D eigenvalue weighted by molar-refractivity contribution is 7.90. The van der Waals surface area contributed by atoms with Gasteiger partial charge in [-0.2, -0.15) is 0 Å². The third kappa shape index (κ3) is 6.23. The van der Waals surface area contributed by atoms with Crippen molar-refractivity contribution in [2.24, 2.45) is 0 Å². The van der Waals surface area contributed by atoms with Crippen molar-refractivity contribution in [2.75, 3.05) is 30.9 Å². The summed E-state index contributed by atoms with van der Waals surface area (Å²) in [5.41, 5.74) is 0.943. The number of anilines is 1. The molecule has 0 spiro atoms. The molecule has 1 aromatic carbocycles. The predicted octanol–water partition coefficient (Wildman–Crippen LogP) is 3.59. The van der Waals surface area contributed by atoms with Gasteiger partial charge in [0, 0.05) is 11.3 Å². The van der Waals surface area contributed by atoms with E-state index < -0.39 is 15.8 Å². The van der Waals surface area contributed by atoms with Crippen LogP contribution in [0.4, 0.5) is 5.00 Å². The lowest BCUT2D eigenvalue weighted by molar-refractivity contribution is -0.116. The number of nitrogens with one attached hydrogen (secondary N) is 1. The summed E-state index contributed by atoms with van der Waals surface area (Å²) < 4.78 is 40.1. The largest absolute Gasteiger partial charge is 0.494 e. The third-order valence-corrected chi connectivity index (χ3v) is 7.67. The maximum atomic E-state index is 12.5. The van der Waals surface area contributed by atoms with E-state index in [0.29, 0.717) is 40.8 Å². The maximum absolute atomic E-state index is 12.5. The Morgan fingerprint density at radius 1 is 1.06 bits per heavy atom. The van der Waals surface area contributed by atoms with E-state index in [1.54, 1.807) is 19.1 Å². The second-order valence-corrected chi connectivity index (χ2v) is 10.5. The fourth-order valence-electron chi connectivity index (χ4n) is 3.34. The van der Waals surface area contributed by atoms with Gasteiger partial charge in [0.1, 0.15) is 16.5 Å². The molecule has 0 atom stereocenters. The number of benzene rings is 1. The zero-order valence-corrected chi connectivity index (χ0v) is 19.8. The lowest BCUT2D eigenvalue weighted by Gasteiger charge is -2.13. The molecule has 0 aliphatic carbocycles. The standard InChI is InChI=1S/C22H27NO7S2/c1-3-28-15-7-9-16(10-8-15)30-12-5-6-19(24)23-21-20(22(25)29-4-2)17-11-13-32(26,27)14-18(17)31-21/h7-10H,3-6,11-14H2,1-2H3,(H,23,24). The Hall–Kier alpha value is -2.59. The molecule has 2 aromatic rings. The number of amides is 1. The molecule has 2 heterocycles. The molecule has 32 heavy (non-hydrogen) atoms. The quantitative estimate of drug-likeness (QED) is 0.408. The molecule has 0 unspecified atom stereocenters. The van der Waals surface area contributed by atoms with Crippen molar-refractivity contribution in [1.29, 1.82) is 0 Å². The number of carbonyl (C=O) groups excluding carboxylic acids is 2. The minimum absolute atomic E-state index is 0.0145. The Morgan fingerprint density at radius 3 is 2.41 bits per heavy atom. The average Bonchev–Trinajstić information content (AvgIpc) is 3.08. The zero-order valence-electron chi connectivity index (χ0n) is 18.1. The summed E-state index contributed by atoms with van der Waals surface area (Å²) in [5, 5.41) is 3.12. The number of thiophene rings is 1. The molecule has 1 aliphatic rings. The summed E-state index contributed by atoms with van der Waals surface area (Å²) in [7, 11) is -3.19. The minimum Gasteiger partial charge on any atom is -0.494 e. The van der Waals surface area contributed by atoms with E-state index in [2.05, 4.69) is 5.32 Å². The van der Waals surface area contributed by atoms with Crippen LogP contribution in [0, 0.1) is 0 Å². The fraction of sp³-hybridized carbons (Fsp3) is 0.455. The maximum Gasteiger partial charge on any atom is 0.341 e. The van der Waals surface area contributed by atoms with Crippen LogP contribution in [0.5, 0.6) is 11.5 Å². The summed E-state index contributed by atoms with van der Waals surface area (Å²) >= 11 is 1.13. The molecule has 0 saturated carbocycles. The summed E-state index contributed by atoms with van der Waals surface area (Å²) in [4.78, 5) is 25.5. The van der Waals surface area contributed by atoms with E-state index in [9.17, 15) is 18.0 Å². The number of hydrogen-bond acceptors (Lipinski definition) is 8. The van der Waals surface area contributed by atoms with Crippen molar-refractivity contribution in [3.63, 3.8) is 0 Å². The zero-order chi connectivity index (χ0) is 23.1. The molecule has 1 amide bonds. The fourth-order valence-corrected chi connectivity index (χ4v) is 6.40. The van der Waals surface area contributed by atoms with Crippen LogP contribution in [-0.4, -0.2) is 45.9 Å². The Kier molecular flexibility index (Phi) is 8.14. The second kappa shape index (κ2) is 10.8.